The molecule has 0 saturated heterocycles. The van der Waals surface area contributed by atoms with Gasteiger partial charge < -0.3 is 9.47 Å². The highest BCUT2D eigenvalue weighted by Gasteiger charge is 2.22. The molecule has 0 bridgehead atoms. The summed E-state index contributed by atoms with van der Waals surface area (Å²) in [5.74, 6) is 0. The van der Waals surface area contributed by atoms with Gasteiger partial charge in [-0.3, -0.25) is 9.80 Å². The molecule has 0 spiro atoms. The molecule has 148 valence electrons. The van der Waals surface area contributed by atoms with Crippen LogP contribution in [0.15, 0.2) is 0 Å². The number of carbonyl (C=O) groups excluding carboxylic acids is 2. The predicted octanol–water partition coefficient (Wildman–Crippen LogP) is 5.02. The van der Waals surface area contributed by atoms with Gasteiger partial charge in [0.15, 0.2) is 0 Å². The summed E-state index contributed by atoms with van der Waals surface area (Å²) in [6.45, 7) is 10.5. The van der Waals surface area contributed by atoms with Crippen LogP contribution in [0.1, 0.15) is 79.1 Å². The average molecular weight is 359 g/mol. The van der Waals surface area contributed by atoms with Gasteiger partial charge in [-0.15, -0.1) is 0 Å². The Morgan fingerprint density at radius 3 is 1.32 bits per heavy atom. The number of hydrogen-bond acceptors (Lipinski definition) is 4. The van der Waals surface area contributed by atoms with Crippen molar-refractivity contribution in [1.29, 1.82) is 0 Å². The molecule has 0 rings (SSSR count). The zero-order valence-corrected chi connectivity index (χ0v) is 16.7. The summed E-state index contributed by atoms with van der Waals surface area (Å²) in [7, 11) is 0. The van der Waals surface area contributed by atoms with Crippen LogP contribution >= 0.6 is 0 Å². The van der Waals surface area contributed by atoms with E-state index in [2.05, 4.69) is 27.7 Å². The molecule has 0 aromatic carbocycles. The van der Waals surface area contributed by atoms with Crippen LogP contribution in [0.5, 0.6) is 0 Å². The van der Waals surface area contributed by atoms with Crippen LogP contribution in [0.25, 0.3) is 0 Å². The van der Waals surface area contributed by atoms with Gasteiger partial charge in [-0.25, -0.2) is 9.59 Å². The van der Waals surface area contributed by atoms with Crippen molar-refractivity contribution >= 4 is 12.2 Å². The van der Waals surface area contributed by atoms with E-state index in [0.717, 1.165) is 51.4 Å². The smallest absolute Gasteiger partial charge is 0.411 e. The molecule has 0 aliphatic rings. The molecule has 0 saturated carbocycles. The molecule has 0 aromatic heterocycles. The molecule has 0 radical (unpaired) electrons. The Morgan fingerprint density at radius 1 is 0.640 bits per heavy atom. The molecule has 0 aliphatic carbocycles. The fourth-order valence-electron chi connectivity index (χ4n) is 2.13. The van der Waals surface area contributed by atoms with E-state index in [-0.39, 0.29) is 18.9 Å². The van der Waals surface area contributed by atoms with Crippen LogP contribution in [-0.2, 0) is 9.47 Å². The lowest BCUT2D eigenvalue weighted by molar-refractivity contribution is 0.0569. The lowest BCUT2D eigenvalue weighted by Gasteiger charge is -2.29. The summed E-state index contributed by atoms with van der Waals surface area (Å²) in [5, 5.41) is 0. The Bertz CT molecular complexity index is 318. The standard InChI is InChI=1S/C19H38N2O4/c1-5-9-13-20(18(22)24-15-11-7-3)17-21(14-10-6-2)19(23)25-16-12-8-4/h5-17H2,1-4H3. The van der Waals surface area contributed by atoms with Crippen molar-refractivity contribution < 1.29 is 19.1 Å². The number of ether oxygens (including phenoxy) is 2. The van der Waals surface area contributed by atoms with Crippen LogP contribution in [0.2, 0.25) is 0 Å². The van der Waals surface area contributed by atoms with Crippen molar-refractivity contribution in [3.05, 3.63) is 0 Å². The fourth-order valence-corrected chi connectivity index (χ4v) is 2.13. The summed E-state index contributed by atoms with van der Waals surface area (Å²) < 4.78 is 10.7. The lowest BCUT2D eigenvalue weighted by atomic mass is 10.3. The van der Waals surface area contributed by atoms with Crippen molar-refractivity contribution in [1.82, 2.24) is 9.80 Å². The Hall–Kier alpha value is -1.46. The first-order valence-corrected chi connectivity index (χ1v) is 9.93. The van der Waals surface area contributed by atoms with E-state index in [0.29, 0.717) is 26.3 Å². The maximum absolute atomic E-state index is 12.3. The summed E-state index contributed by atoms with van der Waals surface area (Å²) in [6, 6.07) is 0. The van der Waals surface area contributed by atoms with Gasteiger partial charge in [-0.05, 0) is 25.7 Å². The van der Waals surface area contributed by atoms with E-state index in [9.17, 15) is 9.59 Å². The number of unbranched alkanes of at least 4 members (excludes halogenated alkanes) is 4. The minimum absolute atomic E-state index is 0.232. The van der Waals surface area contributed by atoms with E-state index in [4.69, 9.17) is 9.47 Å². The van der Waals surface area contributed by atoms with Gasteiger partial charge in [0.1, 0.15) is 6.67 Å². The monoisotopic (exact) mass is 358 g/mol. The third kappa shape index (κ3) is 11.7. The van der Waals surface area contributed by atoms with E-state index in [1.807, 2.05) is 0 Å². The van der Waals surface area contributed by atoms with E-state index in [1.54, 1.807) is 9.80 Å². The summed E-state index contributed by atoms with van der Waals surface area (Å²) in [4.78, 5) is 27.9. The van der Waals surface area contributed by atoms with Crippen molar-refractivity contribution in [2.75, 3.05) is 33.0 Å². The van der Waals surface area contributed by atoms with Crippen LogP contribution in [0, 0.1) is 0 Å². The molecule has 0 unspecified atom stereocenters. The first kappa shape index (κ1) is 23.5. The second-order valence-electron chi connectivity index (χ2n) is 6.31. The lowest BCUT2D eigenvalue weighted by Crippen LogP contribution is -2.45. The zero-order valence-electron chi connectivity index (χ0n) is 16.7. The molecular formula is C19H38N2O4. The third-order valence-electron chi connectivity index (χ3n) is 3.87. The number of carbonyl (C=O) groups is 2. The van der Waals surface area contributed by atoms with Crippen molar-refractivity contribution in [2.24, 2.45) is 0 Å². The molecule has 0 atom stereocenters. The van der Waals surface area contributed by atoms with Gasteiger partial charge in [-0.1, -0.05) is 53.4 Å². The molecule has 6 nitrogen and oxygen atoms in total. The molecule has 25 heavy (non-hydrogen) atoms. The molecule has 2 amide bonds. The maximum Gasteiger partial charge on any atom is 0.411 e. The van der Waals surface area contributed by atoms with Crippen LogP contribution in [0.4, 0.5) is 9.59 Å². The molecular weight excluding hydrogens is 320 g/mol. The number of hydrogen-bond donors (Lipinski definition) is 0. The predicted molar refractivity (Wildman–Crippen MR) is 101 cm³/mol. The number of amides is 2. The second-order valence-corrected chi connectivity index (χ2v) is 6.31. The minimum atomic E-state index is -0.343. The highest BCUT2D eigenvalue weighted by Crippen LogP contribution is 2.07. The molecule has 0 aliphatic heterocycles. The van der Waals surface area contributed by atoms with Gasteiger partial charge in [0.2, 0.25) is 0 Å². The topological polar surface area (TPSA) is 59.1 Å². The van der Waals surface area contributed by atoms with Gasteiger partial charge in [-0.2, -0.15) is 0 Å². The molecule has 6 heteroatoms. The van der Waals surface area contributed by atoms with Crippen LogP contribution in [0.3, 0.4) is 0 Å². The number of rotatable bonds is 14. The second kappa shape index (κ2) is 16.0. The molecule has 0 N–H and O–H groups in total. The van der Waals surface area contributed by atoms with E-state index < -0.39 is 0 Å². The largest absolute Gasteiger partial charge is 0.449 e. The van der Waals surface area contributed by atoms with Crippen molar-refractivity contribution in [2.45, 2.75) is 79.1 Å². The van der Waals surface area contributed by atoms with Crippen LogP contribution in [-0.4, -0.2) is 55.0 Å². The van der Waals surface area contributed by atoms with Gasteiger partial charge >= 0.3 is 12.2 Å². The van der Waals surface area contributed by atoms with Gasteiger partial charge in [0.05, 0.1) is 13.2 Å². The first-order valence-electron chi connectivity index (χ1n) is 9.93. The van der Waals surface area contributed by atoms with Crippen molar-refractivity contribution in [3.63, 3.8) is 0 Å². The van der Waals surface area contributed by atoms with Crippen LogP contribution < -0.4 is 0 Å². The average Bonchev–Trinajstić information content (AvgIpc) is 2.61. The summed E-state index contributed by atoms with van der Waals surface area (Å²) >= 11 is 0. The Kier molecular flexibility index (Phi) is 15.1. The molecule has 0 heterocycles. The highest BCUT2D eigenvalue weighted by molar-refractivity contribution is 5.70. The minimum Gasteiger partial charge on any atom is -0.449 e. The summed E-state index contributed by atoms with van der Waals surface area (Å²) in [5.41, 5.74) is 0. The molecule has 0 aromatic rings. The first-order chi connectivity index (χ1) is 12.1. The Morgan fingerprint density at radius 2 is 1.00 bits per heavy atom. The SMILES string of the molecule is CCCCOC(=O)N(CCCC)CN(CCCC)C(=O)OCCCC. The third-order valence-corrected chi connectivity index (χ3v) is 3.87. The van der Waals surface area contributed by atoms with E-state index in [1.165, 1.54) is 0 Å². The molecule has 0 fully saturated rings. The Labute approximate surface area is 153 Å². The van der Waals surface area contributed by atoms with Gasteiger partial charge in [0.25, 0.3) is 0 Å². The van der Waals surface area contributed by atoms with E-state index >= 15 is 0 Å². The summed E-state index contributed by atoms with van der Waals surface area (Å²) in [6.07, 6.45) is 6.71. The van der Waals surface area contributed by atoms with Gasteiger partial charge in [0, 0.05) is 13.1 Å². The number of nitrogens with zero attached hydrogens (tertiary/aromatic N) is 2. The zero-order chi connectivity index (χ0) is 18.9. The Balaban J connectivity index is 4.77. The normalized spacial score (nSPS) is 10.4. The highest BCUT2D eigenvalue weighted by atomic mass is 16.6. The quantitative estimate of drug-likeness (QED) is 0.323. The maximum atomic E-state index is 12.3. The van der Waals surface area contributed by atoms with Crippen molar-refractivity contribution in [3.8, 4) is 0 Å². The fraction of sp³-hybridized carbons (Fsp3) is 0.895.